The molecule has 29 nitrogen and oxygen atoms in total. The first-order valence-electron chi connectivity index (χ1n) is 31.2. The van der Waals surface area contributed by atoms with Crippen LogP contribution in [0.1, 0.15) is 81.6 Å². The van der Waals surface area contributed by atoms with Crippen molar-refractivity contribution in [1.82, 2.24) is 36.4 Å². The Hall–Kier alpha value is -8.35. The van der Waals surface area contributed by atoms with Crippen molar-refractivity contribution in [2.75, 3.05) is 62.2 Å². The molecule has 0 bridgehead atoms. The number of piperazine rings is 1. The molecule has 8 rings (SSSR count). The molecule has 0 saturated carbocycles. The van der Waals surface area contributed by atoms with Crippen molar-refractivity contribution in [1.29, 1.82) is 5.26 Å². The third-order valence-electron chi connectivity index (χ3n) is 17.2. The number of benzene rings is 4. The largest absolute Gasteiger partial charge is 0.504 e. The predicted octanol–water partition coefficient (Wildman–Crippen LogP) is 0.570. The lowest BCUT2D eigenvalue weighted by Gasteiger charge is -2.37. The number of hydrogen-bond donors (Lipinski definition) is 13. The van der Waals surface area contributed by atoms with Gasteiger partial charge in [0.2, 0.25) is 35.4 Å². The van der Waals surface area contributed by atoms with E-state index in [1.807, 2.05) is 12.1 Å². The van der Waals surface area contributed by atoms with Crippen LogP contribution in [0.25, 0.3) is 11.1 Å². The van der Waals surface area contributed by atoms with Gasteiger partial charge >= 0.3 is 0 Å². The highest BCUT2D eigenvalue weighted by atomic mass is 32.2. The van der Waals surface area contributed by atoms with Crippen LogP contribution in [0, 0.1) is 17.2 Å². The fourth-order valence-electron chi connectivity index (χ4n) is 11.9. The Balaban J connectivity index is 1.01. The zero-order valence-electron chi connectivity index (χ0n) is 52.2. The molecule has 0 unspecified atom stereocenters. The maximum absolute atomic E-state index is 14.7. The van der Waals surface area contributed by atoms with Gasteiger partial charge in [0, 0.05) is 87.9 Å². The van der Waals surface area contributed by atoms with Crippen molar-refractivity contribution in [3.8, 4) is 34.4 Å². The van der Waals surface area contributed by atoms with Crippen LogP contribution in [0.15, 0.2) is 91.0 Å². The molecule has 4 heterocycles. The summed E-state index contributed by atoms with van der Waals surface area (Å²) < 4.78 is 15.2. The normalized spacial score (nSPS) is 25.3. The highest BCUT2D eigenvalue weighted by molar-refractivity contribution is 7.90. The maximum atomic E-state index is 14.7. The average molecular weight is 1330 g/mol. The van der Waals surface area contributed by atoms with E-state index >= 15 is 0 Å². The Labute approximate surface area is 547 Å². The third-order valence-corrected chi connectivity index (χ3v) is 17.5. The Bertz CT molecular complexity index is 3280. The van der Waals surface area contributed by atoms with E-state index in [0.717, 1.165) is 69.9 Å². The Morgan fingerprint density at radius 3 is 1.97 bits per heavy atom. The molecule has 4 aliphatic rings. The zero-order chi connectivity index (χ0) is 67.8. The molecule has 94 heavy (non-hydrogen) atoms. The zero-order valence-corrected chi connectivity index (χ0v) is 53.0. The molecule has 13 atom stereocenters. The summed E-state index contributed by atoms with van der Waals surface area (Å²) in [6.45, 7) is 6.59. The van der Waals surface area contributed by atoms with Crippen molar-refractivity contribution in [3.63, 3.8) is 0 Å². The molecule has 4 aromatic rings. The summed E-state index contributed by atoms with van der Waals surface area (Å²) in [5.41, 5.74) is 4.22. The highest BCUT2D eigenvalue weighted by Gasteiger charge is 2.50. The summed E-state index contributed by atoms with van der Waals surface area (Å²) in [4.78, 5) is 107. The van der Waals surface area contributed by atoms with Crippen molar-refractivity contribution in [3.05, 3.63) is 102 Å². The van der Waals surface area contributed by atoms with Crippen molar-refractivity contribution < 1.29 is 92.9 Å². The number of ether oxygens (including phenoxy) is 1. The first-order chi connectivity index (χ1) is 45.1. The van der Waals surface area contributed by atoms with Gasteiger partial charge in [-0.2, -0.15) is 5.26 Å². The van der Waals surface area contributed by atoms with Gasteiger partial charge < -0.3 is 90.8 Å². The lowest BCUT2D eigenvalue weighted by Crippen LogP contribution is -2.64. The SMILES string of the molecule is CCCCCCOc1ccc(-c2ccc(N3CCN(c4ccc(C(=O)N[C@H]5C[C@H](O)CNC(=O)[C@@H]6[C@@H](O)[C@H](C)CN6C(=O)[C@H]([C@H](O)CC#N)NC(=O)[C@H]([C@H](O)Cc6ccc(O)c(OSOOO)c6)NC(=O)[C@@H]6C[C@H](O)CN6C(=O)[C@H]([C@H](C)O)NC5=O)cc4)CC3)cc2)cc1. The molecular formula is C64H82N10O19S. The van der Waals surface area contributed by atoms with Crippen LogP contribution >= 0.6 is 12.3 Å². The van der Waals surface area contributed by atoms with Gasteiger partial charge in [0.15, 0.2) is 11.5 Å². The number of carbonyl (C=O) groups excluding carboxylic acids is 7. The fourth-order valence-corrected chi connectivity index (χ4v) is 12.2. The summed E-state index contributed by atoms with van der Waals surface area (Å²) in [5.74, 6) is -8.68. The number of rotatable bonds is 21. The summed E-state index contributed by atoms with van der Waals surface area (Å²) in [6, 6.07) is 16.9. The molecule has 0 spiro atoms. The molecule has 0 aliphatic carbocycles. The predicted molar refractivity (Wildman–Crippen MR) is 339 cm³/mol. The Morgan fingerprint density at radius 2 is 1.34 bits per heavy atom. The average Bonchev–Trinajstić information content (AvgIpc) is 1.63. The first kappa shape index (κ1) is 71.5. The second-order valence-corrected chi connectivity index (χ2v) is 24.4. The molecule has 4 aromatic carbocycles. The number of phenols is 1. The number of aliphatic hydroxyl groups is 6. The molecule has 0 radical (unpaired) electrons. The Morgan fingerprint density at radius 1 is 0.723 bits per heavy atom. The van der Waals surface area contributed by atoms with Gasteiger partial charge in [-0.1, -0.05) is 72.8 Å². The standard InChI is InChI=1S/C64H82N10O19S/c1-4-5-6-7-28-90-46-19-13-40(14-20-46)39-9-15-42(16-10-39)71-24-26-72(27-25-71)43-17-11-41(12-18-43)58(82)67-47-31-44(76)33-66-62(86)56-57(81)36(2)34-74(56)64(88)55(50(79)22-23-65)70-61(85)54(51(80)29-38-8-21-49(78)52(30-38)91-94-93-92-89)69-60(84)48-32-45(77)35-73(48)63(87)53(37(3)75)68-59(47)83/h8-21,30,36-37,44-45,47-48,50-51,53-57,75-81,89H,4-7,22,24-29,31-35H2,1-3H3,(H,66,86)(H,67,82)(H,68,83)(H,69,84)(H,70,85)/t36-,37+,44+,45+,47+,48+,50-,51-,53+,54+,55+,56+,57+/m1/s1. The number of amides is 7. The molecule has 4 saturated heterocycles. The number of fused-ring (bicyclic) bond motifs is 2. The smallest absolute Gasteiger partial charge is 0.261 e. The molecule has 30 heteroatoms. The van der Waals surface area contributed by atoms with Crippen molar-refractivity contribution in [2.45, 2.75) is 145 Å². The van der Waals surface area contributed by atoms with Gasteiger partial charge in [-0.05, 0) is 90.7 Å². The molecule has 0 aromatic heterocycles. The lowest BCUT2D eigenvalue weighted by molar-refractivity contribution is -0.433. The second kappa shape index (κ2) is 33.7. The van der Waals surface area contributed by atoms with Crippen LogP contribution in [0.5, 0.6) is 17.2 Å². The minimum Gasteiger partial charge on any atom is -0.504 e. The van der Waals surface area contributed by atoms with E-state index < -0.39 is 165 Å². The van der Waals surface area contributed by atoms with Gasteiger partial charge in [0.05, 0.1) is 55.7 Å². The van der Waals surface area contributed by atoms with E-state index in [4.69, 9.17) is 14.2 Å². The molecule has 4 aliphatic heterocycles. The number of carbonyl (C=O) groups is 7. The quantitative estimate of drug-likeness (QED) is 0.0235. The van der Waals surface area contributed by atoms with Gasteiger partial charge in [-0.25, -0.2) is 5.26 Å². The number of hydrogen-bond acceptors (Lipinski definition) is 23. The first-order valence-corrected chi connectivity index (χ1v) is 31.9. The monoisotopic (exact) mass is 1330 g/mol. The summed E-state index contributed by atoms with van der Waals surface area (Å²) in [6.07, 6.45) is -8.49. The number of phenolic OH excluding ortho intramolecular Hbond substituents is 1. The van der Waals surface area contributed by atoms with Crippen LogP contribution in [0.3, 0.4) is 0 Å². The van der Waals surface area contributed by atoms with Crippen molar-refractivity contribution >= 4 is 65.0 Å². The highest BCUT2D eigenvalue weighted by Crippen LogP contribution is 2.32. The lowest BCUT2D eigenvalue weighted by atomic mass is 9.98. The number of β-amino-alcohol motifs (C(OH)–C–C–N with tert-alkyl or cyclic N) is 1. The molecule has 508 valence electrons. The number of aliphatic hydroxyl groups excluding tert-OH is 6. The number of anilines is 2. The van der Waals surface area contributed by atoms with Crippen molar-refractivity contribution in [2.24, 2.45) is 5.92 Å². The van der Waals surface area contributed by atoms with Gasteiger partial charge in [-0.15, -0.1) is 0 Å². The van der Waals surface area contributed by atoms with Crippen LogP contribution in [0.2, 0.25) is 0 Å². The number of nitrogens with one attached hydrogen (secondary N) is 5. The van der Waals surface area contributed by atoms with Crippen LogP contribution in [0.4, 0.5) is 11.4 Å². The maximum Gasteiger partial charge on any atom is 0.261 e. The van der Waals surface area contributed by atoms with Crippen LogP contribution in [-0.4, -0.2) is 217 Å². The molecule has 4 fully saturated rings. The molecule has 7 amide bonds. The topological polar surface area (TPSA) is 415 Å². The van der Waals surface area contributed by atoms with E-state index in [-0.39, 0.29) is 35.7 Å². The summed E-state index contributed by atoms with van der Waals surface area (Å²) >= 11 is 0.0711. The van der Waals surface area contributed by atoms with E-state index in [0.29, 0.717) is 32.8 Å². The van der Waals surface area contributed by atoms with Gasteiger partial charge in [-0.3, -0.25) is 33.6 Å². The van der Waals surface area contributed by atoms with Crippen LogP contribution < -0.4 is 45.3 Å². The van der Waals surface area contributed by atoms with E-state index in [9.17, 15) is 74.6 Å². The minimum atomic E-state index is -2.15. The number of nitriles is 1. The summed E-state index contributed by atoms with van der Waals surface area (Å²) in [7, 11) is 0. The number of nitrogens with zero attached hydrogens (tertiary/aromatic N) is 5. The second-order valence-electron chi connectivity index (χ2n) is 24.0. The Kier molecular flexibility index (Phi) is 25.6. The van der Waals surface area contributed by atoms with E-state index in [1.54, 1.807) is 30.3 Å². The van der Waals surface area contributed by atoms with Gasteiger partial charge in [0.25, 0.3) is 18.2 Å². The molecule has 13 N–H and O–H groups in total. The minimum absolute atomic E-state index is 0.0711. The number of unbranched alkanes of at least 4 members (excludes halogenated alkanes) is 3. The fraction of sp³-hybridized carbons (Fsp3) is 0.500. The summed E-state index contributed by atoms with van der Waals surface area (Å²) in [5, 5.41) is 113. The number of aromatic hydroxyl groups is 1. The van der Waals surface area contributed by atoms with Crippen LogP contribution in [-0.2, 0) is 44.6 Å². The molecular weight excluding hydrogens is 1240 g/mol. The van der Waals surface area contributed by atoms with Gasteiger partial charge in [0.1, 0.15) is 42.0 Å². The van der Waals surface area contributed by atoms with E-state index in [1.165, 1.54) is 25.8 Å². The third kappa shape index (κ3) is 18.3. The van der Waals surface area contributed by atoms with E-state index in [2.05, 4.69) is 89.1 Å².